The van der Waals surface area contributed by atoms with Crippen LogP contribution in [0.4, 0.5) is 30.5 Å². The number of aromatic nitrogens is 1. The molecule has 0 aliphatic heterocycles. The van der Waals surface area contributed by atoms with E-state index in [9.17, 15) is 13.2 Å². The SMILES string of the molecule is CNc1cccc(Nc2cc(F)cc(F)c2F)n1. The molecule has 0 aliphatic rings. The van der Waals surface area contributed by atoms with Gasteiger partial charge in [0, 0.05) is 19.2 Å². The van der Waals surface area contributed by atoms with Crippen molar-refractivity contribution in [2.24, 2.45) is 0 Å². The Bertz CT molecular complexity index is 572. The van der Waals surface area contributed by atoms with Crippen molar-refractivity contribution in [2.45, 2.75) is 0 Å². The lowest BCUT2D eigenvalue weighted by atomic mass is 10.2. The Kier molecular flexibility index (Phi) is 3.36. The van der Waals surface area contributed by atoms with Crippen LogP contribution in [-0.4, -0.2) is 12.0 Å². The zero-order valence-corrected chi connectivity index (χ0v) is 9.47. The van der Waals surface area contributed by atoms with Gasteiger partial charge < -0.3 is 10.6 Å². The number of anilines is 3. The summed E-state index contributed by atoms with van der Waals surface area (Å²) in [5.74, 6) is -2.42. The topological polar surface area (TPSA) is 37.0 Å². The van der Waals surface area contributed by atoms with Crippen LogP contribution in [0.15, 0.2) is 30.3 Å². The van der Waals surface area contributed by atoms with Crippen molar-refractivity contribution in [3.05, 3.63) is 47.8 Å². The maximum absolute atomic E-state index is 13.4. The predicted octanol–water partition coefficient (Wildman–Crippen LogP) is 3.28. The number of halogens is 3. The van der Waals surface area contributed by atoms with Gasteiger partial charge in [-0.05, 0) is 12.1 Å². The van der Waals surface area contributed by atoms with Crippen molar-refractivity contribution in [1.82, 2.24) is 4.98 Å². The van der Waals surface area contributed by atoms with Crippen molar-refractivity contribution in [3.63, 3.8) is 0 Å². The number of hydrogen-bond acceptors (Lipinski definition) is 3. The highest BCUT2D eigenvalue weighted by Crippen LogP contribution is 2.22. The molecule has 0 bridgehead atoms. The Labute approximate surface area is 102 Å². The number of hydrogen-bond donors (Lipinski definition) is 2. The fourth-order valence-electron chi connectivity index (χ4n) is 1.43. The van der Waals surface area contributed by atoms with E-state index in [1.54, 1.807) is 25.2 Å². The van der Waals surface area contributed by atoms with Gasteiger partial charge in [0.05, 0.1) is 5.69 Å². The van der Waals surface area contributed by atoms with Crippen molar-refractivity contribution < 1.29 is 13.2 Å². The summed E-state index contributed by atoms with van der Waals surface area (Å²) in [4.78, 5) is 4.05. The van der Waals surface area contributed by atoms with E-state index in [1.807, 2.05) is 0 Å². The second kappa shape index (κ2) is 4.95. The molecular weight excluding hydrogens is 243 g/mol. The second-order valence-electron chi connectivity index (χ2n) is 3.53. The number of benzene rings is 1. The lowest BCUT2D eigenvalue weighted by molar-refractivity contribution is 0.498. The summed E-state index contributed by atoms with van der Waals surface area (Å²) in [6, 6.07) is 6.29. The molecule has 1 heterocycles. The largest absolute Gasteiger partial charge is 0.373 e. The summed E-state index contributed by atoms with van der Waals surface area (Å²) in [6.07, 6.45) is 0. The van der Waals surface area contributed by atoms with E-state index in [2.05, 4.69) is 15.6 Å². The van der Waals surface area contributed by atoms with Crippen LogP contribution in [0.5, 0.6) is 0 Å². The van der Waals surface area contributed by atoms with Crippen molar-refractivity contribution >= 4 is 17.3 Å². The molecule has 0 atom stereocenters. The van der Waals surface area contributed by atoms with Crippen molar-refractivity contribution in [2.75, 3.05) is 17.7 Å². The van der Waals surface area contributed by atoms with Gasteiger partial charge in [-0.2, -0.15) is 0 Å². The summed E-state index contributed by atoms with van der Waals surface area (Å²) < 4.78 is 39.4. The molecule has 0 spiro atoms. The van der Waals surface area contributed by atoms with E-state index in [4.69, 9.17) is 0 Å². The lowest BCUT2D eigenvalue weighted by Crippen LogP contribution is -2.01. The fourth-order valence-corrected chi connectivity index (χ4v) is 1.43. The number of rotatable bonds is 3. The smallest absolute Gasteiger partial charge is 0.182 e. The average molecular weight is 253 g/mol. The summed E-state index contributed by atoms with van der Waals surface area (Å²) in [6.45, 7) is 0. The second-order valence-corrected chi connectivity index (χ2v) is 3.53. The summed E-state index contributed by atoms with van der Waals surface area (Å²) in [5, 5.41) is 5.32. The van der Waals surface area contributed by atoms with E-state index in [0.717, 1.165) is 6.07 Å². The molecule has 6 heteroatoms. The maximum Gasteiger partial charge on any atom is 0.182 e. The minimum absolute atomic E-state index is 0.283. The molecule has 18 heavy (non-hydrogen) atoms. The van der Waals surface area contributed by atoms with Crippen LogP contribution in [0.2, 0.25) is 0 Å². The van der Waals surface area contributed by atoms with Gasteiger partial charge in [0.1, 0.15) is 17.5 Å². The molecule has 1 aromatic carbocycles. The third-order valence-corrected chi connectivity index (χ3v) is 2.26. The molecule has 1 aromatic heterocycles. The fraction of sp³-hybridized carbons (Fsp3) is 0.0833. The van der Waals surface area contributed by atoms with E-state index < -0.39 is 17.5 Å². The predicted molar refractivity (Wildman–Crippen MR) is 63.4 cm³/mol. The normalized spacial score (nSPS) is 10.2. The van der Waals surface area contributed by atoms with Gasteiger partial charge in [-0.1, -0.05) is 6.07 Å². The average Bonchev–Trinajstić information content (AvgIpc) is 2.35. The number of nitrogens with zero attached hydrogens (tertiary/aromatic N) is 1. The molecule has 94 valence electrons. The first-order valence-electron chi connectivity index (χ1n) is 5.16. The maximum atomic E-state index is 13.4. The Morgan fingerprint density at radius 3 is 2.50 bits per heavy atom. The molecule has 0 radical (unpaired) electrons. The van der Waals surface area contributed by atoms with Gasteiger partial charge in [-0.25, -0.2) is 18.2 Å². The zero-order valence-electron chi connectivity index (χ0n) is 9.47. The van der Waals surface area contributed by atoms with Crippen LogP contribution in [0, 0.1) is 17.5 Å². The van der Waals surface area contributed by atoms with Gasteiger partial charge in [0.15, 0.2) is 11.6 Å². The van der Waals surface area contributed by atoms with E-state index >= 15 is 0 Å². The minimum Gasteiger partial charge on any atom is -0.373 e. The molecule has 2 rings (SSSR count). The van der Waals surface area contributed by atoms with Gasteiger partial charge in [0.25, 0.3) is 0 Å². The van der Waals surface area contributed by atoms with Crippen molar-refractivity contribution in [3.8, 4) is 0 Å². The molecule has 2 aromatic rings. The molecule has 3 nitrogen and oxygen atoms in total. The summed E-state index contributed by atoms with van der Waals surface area (Å²) >= 11 is 0. The minimum atomic E-state index is -1.25. The molecule has 2 N–H and O–H groups in total. The van der Waals surface area contributed by atoms with Crippen molar-refractivity contribution in [1.29, 1.82) is 0 Å². The van der Waals surface area contributed by atoms with Crippen LogP contribution in [-0.2, 0) is 0 Å². The summed E-state index contributed by atoms with van der Waals surface area (Å²) in [7, 11) is 1.68. The van der Waals surface area contributed by atoms with E-state index in [1.165, 1.54) is 0 Å². The molecule has 0 saturated carbocycles. The highest BCUT2D eigenvalue weighted by molar-refractivity contribution is 5.58. The molecule has 0 amide bonds. The van der Waals surface area contributed by atoms with Gasteiger partial charge in [0.2, 0.25) is 0 Å². The van der Waals surface area contributed by atoms with Crippen LogP contribution >= 0.6 is 0 Å². The highest BCUT2D eigenvalue weighted by atomic mass is 19.2. The first-order valence-corrected chi connectivity index (χ1v) is 5.16. The standard InChI is InChI=1S/C12H10F3N3/c1-16-10-3-2-4-11(18-10)17-9-6-7(13)5-8(14)12(9)15/h2-6H,1H3,(H2,16,17,18). The first-order chi connectivity index (χ1) is 8.60. The van der Waals surface area contributed by atoms with Crippen LogP contribution in [0.1, 0.15) is 0 Å². The molecule has 0 fully saturated rings. The lowest BCUT2D eigenvalue weighted by Gasteiger charge is -2.08. The monoisotopic (exact) mass is 253 g/mol. The molecule has 0 aliphatic carbocycles. The van der Waals surface area contributed by atoms with Gasteiger partial charge in [-0.3, -0.25) is 0 Å². The van der Waals surface area contributed by atoms with Crippen LogP contribution in [0.3, 0.4) is 0 Å². The van der Waals surface area contributed by atoms with Gasteiger partial charge >= 0.3 is 0 Å². The van der Waals surface area contributed by atoms with Crippen LogP contribution < -0.4 is 10.6 Å². The Balaban J connectivity index is 2.33. The molecule has 0 unspecified atom stereocenters. The number of nitrogens with one attached hydrogen (secondary N) is 2. The zero-order chi connectivity index (χ0) is 13.1. The quantitative estimate of drug-likeness (QED) is 0.824. The molecule has 0 saturated heterocycles. The Morgan fingerprint density at radius 1 is 1.06 bits per heavy atom. The number of pyridine rings is 1. The van der Waals surface area contributed by atoms with E-state index in [-0.39, 0.29) is 11.5 Å². The third-order valence-electron chi connectivity index (χ3n) is 2.26. The third kappa shape index (κ3) is 2.53. The highest BCUT2D eigenvalue weighted by Gasteiger charge is 2.11. The molecular formula is C12H10F3N3. The Hall–Kier alpha value is -2.24. The van der Waals surface area contributed by atoms with E-state index in [0.29, 0.717) is 11.9 Å². The summed E-state index contributed by atoms with van der Waals surface area (Å²) in [5.41, 5.74) is -0.298. The van der Waals surface area contributed by atoms with Crippen LogP contribution in [0.25, 0.3) is 0 Å². The first kappa shape index (κ1) is 12.2. The van der Waals surface area contributed by atoms with Gasteiger partial charge in [-0.15, -0.1) is 0 Å². The Morgan fingerprint density at radius 2 is 1.78 bits per heavy atom.